The van der Waals surface area contributed by atoms with Crippen molar-refractivity contribution in [1.82, 2.24) is 0 Å². The third-order valence-electron chi connectivity index (χ3n) is 8.75. The maximum absolute atomic E-state index is 2.44. The summed E-state index contributed by atoms with van der Waals surface area (Å²) in [6, 6.07) is 72.0. The minimum absolute atomic E-state index is 0. The van der Waals surface area contributed by atoms with Crippen molar-refractivity contribution in [2.75, 3.05) is 0 Å². The Bertz CT molecular complexity index is 2010. The predicted molar refractivity (Wildman–Crippen MR) is 206 cm³/mol. The topological polar surface area (TPSA) is 0 Å². The van der Waals surface area contributed by atoms with Crippen molar-refractivity contribution in [3.8, 4) is 11.1 Å². The van der Waals surface area contributed by atoms with Crippen LogP contribution < -0.4 is 31.8 Å². The maximum Gasteiger partial charge on any atom is 0.110 e. The van der Waals surface area contributed by atoms with E-state index in [-0.39, 0.29) is 19.5 Å². The summed E-state index contributed by atoms with van der Waals surface area (Å²) in [5.41, 5.74) is 2.73. The predicted octanol–water partition coefficient (Wildman–Crippen LogP) is 8.91. The van der Waals surface area contributed by atoms with Crippen LogP contribution in [0.1, 0.15) is 0 Å². The molecular weight excluding hydrogens is 692 g/mol. The van der Waals surface area contributed by atoms with E-state index in [1.54, 1.807) is 0 Å². The van der Waals surface area contributed by atoms with Gasteiger partial charge in [0.2, 0.25) is 0 Å². The molecule has 8 aromatic carbocycles. The van der Waals surface area contributed by atoms with Gasteiger partial charge < -0.3 is 0 Å². The van der Waals surface area contributed by atoms with Crippen LogP contribution in [0.15, 0.2) is 194 Å². The standard InChI is InChI=1S/C44H32P2.Ru/c1-5-19-35(20-6-1)45(36-21-7-2-8-22-36)41-31-29-33-17-13-15-27-39(33)43(41)44-40-28-16-14-18-34(40)30-32-42(44)46(37-23-9-3-10-24-37)38-25-11-4-12-26-38;/h1-32H;/p+1. The molecule has 0 unspecified atom stereocenters. The van der Waals surface area contributed by atoms with Gasteiger partial charge in [-0.2, -0.15) is 0 Å². The summed E-state index contributed by atoms with van der Waals surface area (Å²) in [7, 11) is -2.22. The van der Waals surface area contributed by atoms with Crippen LogP contribution in [0, 0.1) is 0 Å². The van der Waals surface area contributed by atoms with Gasteiger partial charge in [0.1, 0.15) is 15.9 Å². The van der Waals surface area contributed by atoms with Crippen molar-refractivity contribution in [3.63, 3.8) is 0 Å². The summed E-state index contributed by atoms with van der Waals surface area (Å²) in [4.78, 5) is 0. The van der Waals surface area contributed by atoms with Gasteiger partial charge in [-0.3, -0.25) is 0 Å². The van der Waals surface area contributed by atoms with Crippen LogP contribution in [0.5, 0.6) is 0 Å². The molecule has 0 radical (unpaired) electrons. The molecule has 226 valence electrons. The van der Waals surface area contributed by atoms with Crippen molar-refractivity contribution in [2.45, 2.75) is 0 Å². The third-order valence-corrected chi connectivity index (χ3v) is 14.0. The molecule has 0 bridgehead atoms. The van der Waals surface area contributed by atoms with Crippen LogP contribution in [0.3, 0.4) is 0 Å². The van der Waals surface area contributed by atoms with Crippen LogP contribution >= 0.6 is 15.8 Å². The summed E-state index contributed by atoms with van der Waals surface area (Å²) in [5, 5.41) is 13.5. The van der Waals surface area contributed by atoms with Crippen LogP contribution in [0.25, 0.3) is 32.7 Å². The Labute approximate surface area is 292 Å². The fourth-order valence-corrected chi connectivity index (χ4v) is 12.0. The molecule has 0 aliphatic carbocycles. The Morgan fingerprint density at radius 3 is 1.26 bits per heavy atom. The molecule has 47 heavy (non-hydrogen) atoms. The molecule has 0 nitrogen and oxygen atoms in total. The molecule has 0 N–H and O–H groups in total. The molecule has 0 amide bonds. The molecule has 8 rings (SSSR count). The second-order valence-corrected chi connectivity index (χ2v) is 16.1. The van der Waals surface area contributed by atoms with E-state index in [0.717, 1.165) is 0 Å². The number of fused-ring (bicyclic) bond motifs is 2. The fraction of sp³-hybridized carbons (Fsp3) is 0. The Kier molecular flexibility index (Phi) is 9.52. The average molecular weight is 725 g/mol. The molecule has 0 heterocycles. The first-order valence-corrected chi connectivity index (χ1v) is 18.6. The van der Waals surface area contributed by atoms with Crippen molar-refractivity contribution in [2.24, 2.45) is 0 Å². The second-order valence-electron chi connectivity index (χ2n) is 11.5. The van der Waals surface area contributed by atoms with Crippen LogP contribution in [0.4, 0.5) is 0 Å². The van der Waals surface area contributed by atoms with Gasteiger partial charge in [-0.1, -0.05) is 164 Å². The van der Waals surface area contributed by atoms with E-state index in [1.807, 2.05) is 0 Å². The molecule has 3 heteroatoms. The quantitative estimate of drug-likeness (QED) is 0.114. The Hall–Kier alpha value is -4.24. The van der Waals surface area contributed by atoms with Crippen LogP contribution in [0.2, 0.25) is 0 Å². The van der Waals surface area contributed by atoms with E-state index in [0.29, 0.717) is 0 Å². The van der Waals surface area contributed by atoms with Gasteiger partial charge in [0.05, 0.1) is 7.92 Å². The number of hydrogen-bond donors (Lipinski definition) is 0. The van der Waals surface area contributed by atoms with Crippen molar-refractivity contribution in [1.29, 1.82) is 0 Å². The average Bonchev–Trinajstić information content (AvgIpc) is 3.14. The Morgan fingerprint density at radius 2 is 0.745 bits per heavy atom. The fourth-order valence-electron chi connectivity index (χ4n) is 6.73. The van der Waals surface area contributed by atoms with E-state index in [1.165, 1.54) is 64.5 Å². The first-order valence-electron chi connectivity index (χ1n) is 15.8. The maximum atomic E-state index is 2.44. The monoisotopic (exact) mass is 725 g/mol. The molecule has 0 saturated heterocycles. The van der Waals surface area contributed by atoms with Gasteiger partial charge in [-0.05, 0) is 75.7 Å². The third kappa shape index (κ3) is 6.13. The van der Waals surface area contributed by atoms with Crippen molar-refractivity contribution in [3.05, 3.63) is 194 Å². The SMILES string of the molecule is [Ru].c1ccc(P(c2ccccc2)c2ccc3ccccc3c2-c2c([PH+](c3ccccc3)c3ccccc3)ccc3ccccc23)cc1. The van der Waals surface area contributed by atoms with Gasteiger partial charge in [-0.15, -0.1) is 0 Å². The van der Waals surface area contributed by atoms with Crippen LogP contribution in [-0.2, 0) is 19.5 Å². The number of benzene rings is 8. The smallest absolute Gasteiger partial charge is 0.0622 e. The molecule has 0 spiro atoms. The molecule has 0 aliphatic heterocycles. The summed E-state index contributed by atoms with van der Waals surface area (Å²) in [6.07, 6.45) is 0. The second kappa shape index (κ2) is 14.3. The van der Waals surface area contributed by atoms with E-state index in [2.05, 4.69) is 194 Å². The van der Waals surface area contributed by atoms with Gasteiger partial charge in [0.15, 0.2) is 0 Å². The molecule has 8 aromatic rings. The Balaban J connectivity index is 0.00000351. The minimum atomic E-state index is -1.38. The van der Waals surface area contributed by atoms with Gasteiger partial charge in [0.25, 0.3) is 0 Å². The van der Waals surface area contributed by atoms with Gasteiger partial charge in [-0.25, -0.2) is 0 Å². The van der Waals surface area contributed by atoms with E-state index < -0.39 is 15.8 Å². The number of hydrogen-bond acceptors (Lipinski definition) is 0. The first kappa shape index (κ1) is 31.4. The zero-order valence-electron chi connectivity index (χ0n) is 25.8. The van der Waals surface area contributed by atoms with Crippen molar-refractivity contribution >= 4 is 69.2 Å². The Morgan fingerprint density at radius 1 is 0.340 bits per heavy atom. The van der Waals surface area contributed by atoms with E-state index in [4.69, 9.17) is 0 Å². The minimum Gasteiger partial charge on any atom is -0.0622 e. The number of rotatable bonds is 7. The summed E-state index contributed by atoms with van der Waals surface area (Å²) >= 11 is 0. The summed E-state index contributed by atoms with van der Waals surface area (Å²) in [6.45, 7) is 0. The molecular formula is C44H33P2Ru+. The van der Waals surface area contributed by atoms with Gasteiger partial charge in [0, 0.05) is 30.6 Å². The molecule has 0 atom stereocenters. The first-order chi connectivity index (χ1) is 22.9. The molecule has 0 aliphatic rings. The summed E-state index contributed by atoms with van der Waals surface area (Å²) in [5.74, 6) is 0. The van der Waals surface area contributed by atoms with Crippen LogP contribution in [-0.4, -0.2) is 0 Å². The molecule has 0 fully saturated rings. The zero-order chi connectivity index (χ0) is 30.7. The zero-order valence-corrected chi connectivity index (χ0v) is 29.4. The largest absolute Gasteiger partial charge is 0.110 e. The summed E-state index contributed by atoms with van der Waals surface area (Å²) < 4.78 is 0. The normalized spacial score (nSPS) is 11.2. The van der Waals surface area contributed by atoms with E-state index >= 15 is 0 Å². The van der Waals surface area contributed by atoms with Gasteiger partial charge >= 0.3 is 0 Å². The van der Waals surface area contributed by atoms with E-state index in [9.17, 15) is 0 Å². The molecule has 0 aromatic heterocycles. The van der Waals surface area contributed by atoms with Crippen molar-refractivity contribution < 1.29 is 19.5 Å². The molecule has 0 saturated carbocycles.